The van der Waals surface area contributed by atoms with E-state index >= 15 is 0 Å². The van der Waals surface area contributed by atoms with Gasteiger partial charge in [0.1, 0.15) is 24.6 Å². The van der Waals surface area contributed by atoms with Gasteiger partial charge in [-0.2, -0.15) is 5.26 Å². The summed E-state index contributed by atoms with van der Waals surface area (Å²) in [6, 6.07) is 3.38. The smallest absolute Gasteiger partial charge is 0.273 e. The highest BCUT2D eigenvalue weighted by Gasteiger charge is 2.20. The Bertz CT molecular complexity index is 852. The molecule has 0 saturated carbocycles. The van der Waals surface area contributed by atoms with Gasteiger partial charge in [0.05, 0.1) is 19.0 Å². The molecule has 1 atom stereocenters. The summed E-state index contributed by atoms with van der Waals surface area (Å²) >= 11 is 0. The predicted molar refractivity (Wildman–Crippen MR) is 93.3 cm³/mol. The molecule has 0 radical (unpaired) electrons. The minimum Gasteiger partial charge on any atom is -0.488 e. The van der Waals surface area contributed by atoms with Crippen LogP contribution < -0.4 is 15.8 Å². The highest BCUT2D eigenvalue weighted by molar-refractivity contribution is 5.93. The molecule has 2 aromatic heterocycles. The lowest BCUT2D eigenvalue weighted by atomic mass is 10.3. The van der Waals surface area contributed by atoms with E-state index in [0.717, 1.165) is 13.1 Å². The normalized spacial score (nSPS) is 17.1. The number of anilines is 2. The summed E-state index contributed by atoms with van der Waals surface area (Å²) in [4.78, 5) is 21.7. The van der Waals surface area contributed by atoms with Crippen LogP contribution in [0, 0.1) is 11.3 Å². The molecule has 3 heterocycles. The van der Waals surface area contributed by atoms with Gasteiger partial charge in [-0.15, -0.1) is 10.2 Å². The fourth-order valence-electron chi connectivity index (χ4n) is 2.45. The van der Waals surface area contributed by atoms with E-state index in [-0.39, 0.29) is 35.7 Å². The fourth-order valence-corrected chi connectivity index (χ4v) is 2.45. The summed E-state index contributed by atoms with van der Waals surface area (Å²) in [6.07, 6.45) is 2.58. The van der Waals surface area contributed by atoms with Crippen LogP contribution in [0.4, 0.5) is 11.6 Å². The number of nitrogens with one attached hydrogen (secondary N) is 1. The number of ether oxygens (including phenoxy) is 2. The lowest BCUT2D eigenvalue weighted by Gasteiger charge is -2.29. The molecule has 2 aromatic rings. The summed E-state index contributed by atoms with van der Waals surface area (Å²) in [5, 5.41) is 19.3. The summed E-state index contributed by atoms with van der Waals surface area (Å²) in [7, 11) is 2.00. The number of hydrogen-bond acceptors (Lipinski definition) is 10. The molecule has 3 rings (SSSR count). The Kier molecular flexibility index (Phi) is 5.70. The van der Waals surface area contributed by atoms with Crippen LogP contribution in [0.15, 0.2) is 18.5 Å². The number of amides is 1. The van der Waals surface area contributed by atoms with Crippen molar-refractivity contribution in [2.45, 2.75) is 6.10 Å². The third-order valence-electron chi connectivity index (χ3n) is 3.78. The molecule has 1 amide bonds. The molecule has 27 heavy (non-hydrogen) atoms. The molecule has 3 N–H and O–H groups in total. The lowest BCUT2D eigenvalue weighted by Crippen LogP contribution is -2.42. The summed E-state index contributed by atoms with van der Waals surface area (Å²) < 4.78 is 11.4. The Morgan fingerprint density at radius 3 is 2.96 bits per heavy atom. The minimum atomic E-state index is -0.746. The van der Waals surface area contributed by atoms with Crippen LogP contribution >= 0.6 is 0 Å². The first-order valence-electron chi connectivity index (χ1n) is 8.15. The molecule has 0 bridgehead atoms. The third kappa shape index (κ3) is 4.84. The minimum absolute atomic E-state index is 0.0735. The maximum Gasteiger partial charge on any atom is 0.273 e. The van der Waals surface area contributed by atoms with Crippen molar-refractivity contribution in [1.29, 1.82) is 5.26 Å². The molecule has 1 aliphatic rings. The summed E-state index contributed by atoms with van der Waals surface area (Å²) in [5.74, 6) is 0.0938. The van der Waals surface area contributed by atoms with Gasteiger partial charge in [-0.25, -0.2) is 9.97 Å². The molecule has 0 spiro atoms. The van der Waals surface area contributed by atoms with Crippen molar-refractivity contribution < 1.29 is 14.3 Å². The number of carbonyl (C=O) groups excluding carboxylic acids is 1. The molecule has 0 aromatic carbocycles. The van der Waals surface area contributed by atoms with E-state index in [1.165, 1.54) is 18.5 Å². The number of nitrogens with two attached hydrogens (primary N) is 1. The van der Waals surface area contributed by atoms with Crippen LogP contribution in [0.1, 0.15) is 16.2 Å². The van der Waals surface area contributed by atoms with Crippen LogP contribution in [-0.2, 0) is 4.74 Å². The molecule has 1 saturated heterocycles. The Morgan fingerprint density at radius 2 is 2.30 bits per heavy atom. The first-order chi connectivity index (χ1) is 13.0. The van der Waals surface area contributed by atoms with E-state index in [9.17, 15) is 4.79 Å². The molecule has 11 heteroatoms. The van der Waals surface area contributed by atoms with E-state index in [2.05, 4.69) is 30.4 Å². The van der Waals surface area contributed by atoms with Crippen LogP contribution in [0.3, 0.4) is 0 Å². The zero-order chi connectivity index (χ0) is 19.2. The number of likely N-dealkylation sites (N-methyl/N-ethyl adjacent to an activating group) is 1. The average Bonchev–Trinajstić information content (AvgIpc) is 2.67. The van der Waals surface area contributed by atoms with Gasteiger partial charge in [0.15, 0.2) is 23.0 Å². The second kappa shape index (κ2) is 8.35. The maximum atomic E-state index is 11.6. The van der Waals surface area contributed by atoms with E-state index in [1.807, 2.05) is 13.1 Å². The molecular formula is C16H18N8O3. The first kappa shape index (κ1) is 18.4. The van der Waals surface area contributed by atoms with Crippen molar-refractivity contribution in [3.8, 4) is 11.8 Å². The molecule has 0 unspecified atom stereocenters. The highest BCUT2D eigenvalue weighted by Crippen LogP contribution is 2.21. The monoisotopic (exact) mass is 370 g/mol. The number of carbonyl (C=O) groups is 1. The number of aromatic nitrogens is 4. The summed E-state index contributed by atoms with van der Waals surface area (Å²) in [5.41, 5.74) is 5.46. The van der Waals surface area contributed by atoms with Crippen LogP contribution in [0.5, 0.6) is 5.75 Å². The molecule has 1 fully saturated rings. The van der Waals surface area contributed by atoms with Gasteiger partial charge in [0.2, 0.25) is 0 Å². The van der Waals surface area contributed by atoms with Crippen molar-refractivity contribution in [3.63, 3.8) is 0 Å². The Hall–Kier alpha value is -3.36. The highest BCUT2D eigenvalue weighted by atomic mass is 16.5. The number of nitriles is 1. The Morgan fingerprint density at radius 1 is 1.44 bits per heavy atom. The molecule has 0 aliphatic carbocycles. The van der Waals surface area contributed by atoms with Crippen molar-refractivity contribution in [3.05, 3.63) is 29.8 Å². The van der Waals surface area contributed by atoms with Gasteiger partial charge < -0.3 is 25.4 Å². The number of primary amides is 1. The van der Waals surface area contributed by atoms with Gasteiger partial charge >= 0.3 is 0 Å². The van der Waals surface area contributed by atoms with Gasteiger partial charge in [-0.3, -0.25) is 4.79 Å². The first-order valence-corrected chi connectivity index (χ1v) is 8.15. The molecule has 11 nitrogen and oxygen atoms in total. The summed E-state index contributed by atoms with van der Waals surface area (Å²) in [6.45, 7) is 2.44. The molecular weight excluding hydrogens is 352 g/mol. The van der Waals surface area contributed by atoms with E-state index in [1.54, 1.807) is 0 Å². The number of nitrogens with zero attached hydrogens (tertiary/aromatic N) is 6. The van der Waals surface area contributed by atoms with Gasteiger partial charge in [0.25, 0.3) is 5.91 Å². The third-order valence-corrected chi connectivity index (χ3v) is 3.78. The topological polar surface area (TPSA) is 152 Å². The average molecular weight is 370 g/mol. The second-order valence-corrected chi connectivity index (χ2v) is 5.90. The number of hydrogen-bond donors (Lipinski definition) is 2. The zero-order valence-corrected chi connectivity index (χ0v) is 14.6. The fraction of sp³-hybridized carbons (Fsp3) is 0.375. The van der Waals surface area contributed by atoms with Crippen molar-refractivity contribution in [1.82, 2.24) is 25.1 Å². The standard InChI is InChI=1S/C16H18N8O3/c1-24-2-3-26-11(8-24)9-27-12-4-13(22-23-15(12)16(18)25)21-14-7-19-10(5-17)6-20-14/h4,6-7,11H,2-3,8-9H2,1H3,(H2,18,25)(H,20,21,22)/t11-/m1/s1. The van der Waals surface area contributed by atoms with Crippen LogP contribution in [0.25, 0.3) is 0 Å². The SMILES string of the molecule is CN1CCO[C@@H](COc2cc(Nc3cnc(C#N)cn3)nnc2C(N)=O)C1. The van der Waals surface area contributed by atoms with Crippen molar-refractivity contribution in [2.24, 2.45) is 5.73 Å². The number of morpholine rings is 1. The molecule has 1 aliphatic heterocycles. The quantitative estimate of drug-likeness (QED) is 0.692. The zero-order valence-electron chi connectivity index (χ0n) is 14.6. The van der Waals surface area contributed by atoms with Gasteiger partial charge in [-0.05, 0) is 7.05 Å². The van der Waals surface area contributed by atoms with Crippen molar-refractivity contribution >= 4 is 17.5 Å². The van der Waals surface area contributed by atoms with E-state index in [4.69, 9.17) is 20.5 Å². The van der Waals surface area contributed by atoms with Gasteiger partial charge in [0, 0.05) is 19.2 Å². The van der Waals surface area contributed by atoms with Crippen LogP contribution in [-0.4, -0.2) is 70.4 Å². The van der Waals surface area contributed by atoms with Gasteiger partial charge in [-0.1, -0.05) is 0 Å². The van der Waals surface area contributed by atoms with Crippen molar-refractivity contribution in [2.75, 3.05) is 38.7 Å². The predicted octanol–water partition coefficient (Wildman–Crippen LogP) is -0.310. The largest absolute Gasteiger partial charge is 0.488 e. The second-order valence-electron chi connectivity index (χ2n) is 5.90. The van der Waals surface area contributed by atoms with E-state index in [0.29, 0.717) is 12.4 Å². The molecule has 140 valence electrons. The number of rotatable bonds is 6. The Balaban J connectivity index is 1.73. The van der Waals surface area contributed by atoms with E-state index < -0.39 is 5.91 Å². The van der Waals surface area contributed by atoms with Crippen LogP contribution in [0.2, 0.25) is 0 Å². The maximum absolute atomic E-state index is 11.6. The Labute approximate surface area is 155 Å². The lowest BCUT2D eigenvalue weighted by molar-refractivity contribution is -0.0405.